The second kappa shape index (κ2) is 4.11. The second-order valence-corrected chi connectivity index (χ2v) is 3.88. The molecule has 0 aliphatic carbocycles. The van der Waals surface area contributed by atoms with Gasteiger partial charge in [0.1, 0.15) is 0 Å². The molecule has 14 heavy (non-hydrogen) atoms. The van der Waals surface area contributed by atoms with Crippen LogP contribution in [-0.2, 0) is 6.54 Å². The van der Waals surface area contributed by atoms with Gasteiger partial charge in [-0.3, -0.25) is 4.90 Å². The summed E-state index contributed by atoms with van der Waals surface area (Å²) in [7, 11) is 0. The molecule has 1 saturated heterocycles. The lowest BCUT2D eigenvalue weighted by molar-refractivity contribution is 0.143. The summed E-state index contributed by atoms with van der Waals surface area (Å²) < 4.78 is 5.15. The molecule has 0 amide bonds. The van der Waals surface area contributed by atoms with Crippen LogP contribution in [0.4, 0.5) is 0 Å². The Morgan fingerprint density at radius 2 is 2.57 bits per heavy atom. The van der Waals surface area contributed by atoms with Crippen molar-refractivity contribution in [1.82, 2.24) is 10.1 Å². The molecule has 1 aromatic heterocycles. The molecule has 1 fully saturated rings. The van der Waals surface area contributed by atoms with E-state index in [4.69, 9.17) is 9.63 Å². The Bertz CT molecular complexity index is 298. The Morgan fingerprint density at radius 3 is 3.21 bits per heavy atom. The smallest absolute Gasteiger partial charge is 0.150 e. The summed E-state index contributed by atoms with van der Waals surface area (Å²) in [5.41, 5.74) is 0.916. The third-order valence-electron chi connectivity index (χ3n) is 2.75. The lowest BCUT2D eigenvalue weighted by Crippen LogP contribution is -2.31. The summed E-state index contributed by atoms with van der Waals surface area (Å²) in [5.74, 6) is 0.892. The first-order valence-corrected chi connectivity index (χ1v) is 5.06. The Balaban J connectivity index is 1.96. The van der Waals surface area contributed by atoms with Crippen LogP contribution >= 0.6 is 0 Å². The predicted molar refractivity (Wildman–Crippen MR) is 51.8 cm³/mol. The molecule has 1 aliphatic heterocycles. The van der Waals surface area contributed by atoms with Crippen molar-refractivity contribution in [1.29, 1.82) is 0 Å². The SMILES string of the molecule is Cc1cc(CN2CCCC2CO)on1. The number of aliphatic hydroxyl groups excluding tert-OH is 1. The minimum absolute atomic E-state index is 0.243. The first kappa shape index (κ1) is 9.68. The lowest BCUT2D eigenvalue weighted by atomic mass is 10.2. The van der Waals surface area contributed by atoms with Crippen LogP contribution in [0.2, 0.25) is 0 Å². The molecule has 0 radical (unpaired) electrons. The molecule has 2 rings (SSSR count). The zero-order chi connectivity index (χ0) is 9.97. The molecular formula is C10H16N2O2. The first-order chi connectivity index (χ1) is 6.79. The third kappa shape index (κ3) is 1.96. The average Bonchev–Trinajstić information content (AvgIpc) is 2.76. The molecule has 1 aliphatic rings. The van der Waals surface area contributed by atoms with Crippen molar-refractivity contribution in [2.24, 2.45) is 0 Å². The quantitative estimate of drug-likeness (QED) is 0.781. The van der Waals surface area contributed by atoms with E-state index in [1.54, 1.807) is 0 Å². The minimum Gasteiger partial charge on any atom is -0.395 e. The van der Waals surface area contributed by atoms with Gasteiger partial charge in [0.2, 0.25) is 0 Å². The number of rotatable bonds is 3. The Morgan fingerprint density at radius 1 is 1.71 bits per heavy atom. The fourth-order valence-corrected chi connectivity index (χ4v) is 2.00. The van der Waals surface area contributed by atoms with Gasteiger partial charge in [-0.15, -0.1) is 0 Å². The van der Waals surface area contributed by atoms with Crippen molar-refractivity contribution in [3.8, 4) is 0 Å². The van der Waals surface area contributed by atoms with E-state index in [1.807, 2.05) is 13.0 Å². The van der Waals surface area contributed by atoms with Crippen LogP contribution in [0.3, 0.4) is 0 Å². The van der Waals surface area contributed by atoms with Crippen molar-refractivity contribution in [3.05, 3.63) is 17.5 Å². The second-order valence-electron chi connectivity index (χ2n) is 3.88. The molecule has 1 aromatic rings. The molecule has 1 N–H and O–H groups in total. The molecule has 4 heteroatoms. The van der Waals surface area contributed by atoms with E-state index in [2.05, 4.69) is 10.1 Å². The van der Waals surface area contributed by atoms with Crippen molar-refractivity contribution < 1.29 is 9.63 Å². The Kier molecular flexibility index (Phi) is 2.84. The summed E-state index contributed by atoms with van der Waals surface area (Å²) >= 11 is 0. The number of nitrogens with zero attached hydrogens (tertiary/aromatic N) is 2. The molecule has 78 valence electrons. The molecular weight excluding hydrogens is 180 g/mol. The van der Waals surface area contributed by atoms with Crippen LogP contribution in [0.15, 0.2) is 10.6 Å². The maximum absolute atomic E-state index is 9.13. The highest BCUT2D eigenvalue weighted by Gasteiger charge is 2.24. The van der Waals surface area contributed by atoms with Crippen molar-refractivity contribution >= 4 is 0 Å². The van der Waals surface area contributed by atoms with E-state index in [0.29, 0.717) is 6.04 Å². The van der Waals surface area contributed by atoms with Crippen LogP contribution in [0.25, 0.3) is 0 Å². The van der Waals surface area contributed by atoms with E-state index >= 15 is 0 Å². The number of aromatic nitrogens is 1. The van der Waals surface area contributed by atoms with E-state index < -0.39 is 0 Å². The Hall–Kier alpha value is -0.870. The average molecular weight is 196 g/mol. The summed E-state index contributed by atoms with van der Waals surface area (Å²) in [6, 6.07) is 2.26. The van der Waals surface area contributed by atoms with Gasteiger partial charge >= 0.3 is 0 Å². The normalized spacial score (nSPS) is 23.1. The van der Waals surface area contributed by atoms with E-state index in [0.717, 1.165) is 31.0 Å². The molecule has 0 spiro atoms. The van der Waals surface area contributed by atoms with Crippen LogP contribution in [-0.4, -0.2) is 34.4 Å². The van der Waals surface area contributed by atoms with Gasteiger partial charge in [-0.25, -0.2) is 0 Å². The highest BCUT2D eigenvalue weighted by atomic mass is 16.5. The standard InChI is InChI=1S/C10H16N2O2/c1-8-5-10(14-11-8)6-12-4-2-3-9(12)7-13/h5,9,13H,2-4,6-7H2,1H3. The largest absolute Gasteiger partial charge is 0.395 e. The van der Waals surface area contributed by atoms with Crippen molar-refractivity contribution in [3.63, 3.8) is 0 Å². The molecule has 2 heterocycles. The van der Waals surface area contributed by atoms with Crippen molar-refractivity contribution in [2.75, 3.05) is 13.2 Å². The predicted octanol–water partition coefficient (Wildman–Crippen LogP) is 0.940. The maximum Gasteiger partial charge on any atom is 0.150 e. The van der Waals surface area contributed by atoms with Crippen LogP contribution in [0, 0.1) is 6.92 Å². The first-order valence-electron chi connectivity index (χ1n) is 5.06. The van der Waals surface area contributed by atoms with Gasteiger partial charge in [0.15, 0.2) is 5.76 Å². The molecule has 0 bridgehead atoms. The molecule has 0 saturated carbocycles. The van der Waals surface area contributed by atoms with Gasteiger partial charge in [-0.2, -0.15) is 0 Å². The van der Waals surface area contributed by atoms with Gasteiger partial charge in [-0.1, -0.05) is 5.16 Å². The maximum atomic E-state index is 9.13. The number of aryl methyl sites for hydroxylation is 1. The lowest BCUT2D eigenvalue weighted by Gasteiger charge is -2.20. The Labute approximate surface area is 83.5 Å². The fraction of sp³-hybridized carbons (Fsp3) is 0.700. The van der Waals surface area contributed by atoms with E-state index in [9.17, 15) is 0 Å². The van der Waals surface area contributed by atoms with Crippen LogP contribution < -0.4 is 0 Å². The molecule has 4 nitrogen and oxygen atoms in total. The monoisotopic (exact) mass is 196 g/mol. The highest BCUT2D eigenvalue weighted by Crippen LogP contribution is 2.19. The molecule has 1 unspecified atom stereocenters. The van der Waals surface area contributed by atoms with Gasteiger partial charge in [0.05, 0.1) is 18.8 Å². The van der Waals surface area contributed by atoms with Crippen molar-refractivity contribution in [2.45, 2.75) is 32.4 Å². The van der Waals surface area contributed by atoms with E-state index in [1.165, 1.54) is 6.42 Å². The highest BCUT2D eigenvalue weighted by molar-refractivity contribution is 5.03. The minimum atomic E-state index is 0.243. The summed E-state index contributed by atoms with van der Waals surface area (Å²) in [4.78, 5) is 2.25. The molecule has 1 atom stereocenters. The topological polar surface area (TPSA) is 49.5 Å². The zero-order valence-corrected chi connectivity index (χ0v) is 8.44. The number of hydrogen-bond acceptors (Lipinski definition) is 4. The zero-order valence-electron chi connectivity index (χ0n) is 8.44. The summed E-state index contributed by atoms with van der Waals surface area (Å²) in [6.45, 7) is 3.98. The number of aliphatic hydroxyl groups is 1. The number of likely N-dealkylation sites (tertiary alicyclic amines) is 1. The number of hydrogen-bond donors (Lipinski definition) is 1. The van der Waals surface area contributed by atoms with Gasteiger partial charge in [-0.05, 0) is 26.3 Å². The third-order valence-corrected chi connectivity index (χ3v) is 2.75. The summed E-state index contributed by atoms with van der Waals surface area (Å²) in [6.07, 6.45) is 2.25. The van der Waals surface area contributed by atoms with Crippen LogP contribution in [0.1, 0.15) is 24.3 Å². The van der Waals surface area contributed by atoms with Crippen LogP contribution in [0.5, 0.6) is 0 Å². The fourth-order valence-electron chi connectivity index (χ4n) is 2.00. The molecule has 0 aromatic carbocycles. The van der Waals surface area contributed by atoms with Gasteiger partial charge < -0.3 is 9.63 Å². The summed E-state index contributed by atoms with van der Waals surface area (Å²) in [5, 5.41) is 13.0. The van der Waals surface area contributed by atoms with Gasteiger partial charge in [0, 0.05) is 12.1 Å². The van der Waals surface area contributed by atoms with Gasteiger partial charge in [0.25, 0.3) is 0 Å². The van der Waals surface area contributed by atoms with E-state index in [-0.39, 0.29) is 6.61 Å².